The van der Waals surface area contributed by atoms with Gasteiger partial charge >= 0.3 is 0 Å². The van der Waals surface area contributed by atoms with E-state index in [4.69, 9.17) is 5.73 Å². The van der Waals surface area contributed by atoms with Crippen molar-refractivity contribution in [2.24, 2.45) is 0 Å². The van der Waals surface area contributed by atoms with Gasteiger partial charge in [-0.05, 0) is 12.1 Å². The average molecular weight is 258 g/mol. The third kappa shape index (κ3) is 1.63. The summed E-state index contributed by atoms with van der Waals surface area (Å²) in [6.45, 7) is 0. The number of carbonyl (C=O) groups is 1. The molecule has 0 spiro atoms. The van der Waals surface area contributed by atoms with Crippen molar-refractivity contribution in [1.82, 2.24) is 9.97 Å². The first kappa shape index (κ1) is 10.8. The van der Waals surface area contributed by atoms with Crippen LogP contribution in [0.15, 0.2) is 29.0 Å². The van der Waals surface area contributed by atoms with E-state index in [2.05, 4.69) is 15.3 Å². The van der Waals surface area contributed by atoms with E-state index >= 15 is 0 Å². The highest BCUT2D eigenvalue weighted by Gasteiger charge is 2.11. The van der Waals surface area contributed by atoms with Crippen molar-refractivity contribution in [2.45, 2.75) is 0 Å². The molecule has 3 aromatic rings. The van der Waals surface area contributed by atoms with Gasteiger partial charge in [0.05, 0.1) is 22.5 Å². The molecular formula is C12H10N4OS. The van der Waals surface area contributed by atoms with Gasteiger partial charge in [-0.15, -0.1) is 11.3 Å². The number of fused-ring (bicyclic) bond motifs is 1. The molecule has 0 saturated carbocycles. The predicted octanol–water partition coefficient (Wildman–Crippen LogP) is 2.44. The van der Waals surface area contributed by atoms with Gasteiger partial charge in [-0.1, -0.05) is 6.07 Å². The number of aromatic amines is 1. The zero-order valence-electron chi connectivity index (χ0n) is 9.31. The van der Waals surface area contributed by atoms with Gasteiger partial charge in [-0.2, -0.15) is 0 Å². The summed E-state index contributed by atoms with van der Waals surface area (Å²) in [4.78, 5) is 18.2. The Bertz CT molecular complexity index is 716. The number of nitrogens with two attached hydrogens (primary N) is 1. The van der Waals surface area contributed by atoms with Crippen molar-refractivity contribution < 1.29 is 4.79 Å². The molecule has 0 aliphatic rings. The number of nitrogen functional groups attached to an aromatic ring is 1. The molecule has 1 aromatic carbocycles. The number of nitrogens with zero attached hydrogens (tertiary/aromatic N) is 1. The quantitative estimate of drug-likeness (QED) is 0.631. The number of benzene rings is 1. The molecular weight excluding hydrogens is 248 g/mol. The third-order valence-corrected chi connectivity index (χ3v) is 3.44. The van der Waals surface area contributed by atoms with E-state index in [0.717, 1.165) is 16.6 Å². The number of hydrogen-bond acceptors (Lipinski definition) is 4. The summed E-state index contributed by atoms with van der Waals surface area (Å²) in [6, 6.07) is 5.57. The van der Waals surface area contributed by atoms with Gasteiger partial charge in [0.25, 0.3) is 0 Å². The Morgan fingerprint density at radius 1 is 1.39 bits per heavy atom. The smallest absolute Gasteiger partial charge is 0.211 e. The monoisotopic (exact) mass is 258 g/mol. The highest BCUT2D eigenvalue weighted by Crippen LogP contribution is 2.30. The van der Waals surface area contributed by atoms with Crippen LogP contribution in [0, 0.1) is 0 Å². The van der Waals surface area contributed by atoms with Crippen LogP contribution in [0.4, 0.5) is 11.4 Å². The van der Waals surface area contributed by atoms with Crippen molar-refractivity contribution >= 4 is 40.2 Å². The summed E-state index contributed by atoms with van der Waals surface area (Å²) in [6.07, 6.45) is 0.641. The average Bonchev–Trinajstić information content (AvgIpc) is 2.95. The van der Waals surface area contributed by atoms with Gasteiger partial charge in [0.1, 0.15) is 11.3 Å². The van der Waals surface area contributed by atoms with Crippen LogP contribution in [0.5, 0.6) is 0 Å². The number of hydrogen-bond donors (Lipinski definition) is 3. The maximum Gasteiger partial charge on any atom is 0.211 e. The predicted molar refractivity (Wildman–Crippen MR) is 73.5 cm³/mol. The Morgan fingerprint density at radius 2 is 2.28 bits per heavy atom. The lowest BCUT2D eigenvalue weighted by Crippen LogP contribution is -1.94. The number of carbonyl (C=O) groups excluding carboxylic acids is 1. The summed E-state index contributed by atoms with van der Waals surface area (Å²) >= 11 is 1.53. The van der Waals surface area contributed by atoms with Crippen molar-refractivity contribution in [1.29, 1.82) is 0 Å². The molecule has 0 aliphatic heterocycles. The molecule has 0 aliphatic carbocycles. The van der Waals surface area contributed by atoms with Crippen LogP contribution in [0.2, 0.25) is 0 Å². The van der Waals surface area contributed by atoms with Gasteiger partial charge in [0, 0.05) is 10.8 Å². The number of imidazole rings is 1. The minimum atomic E-state index is 0.641. The molecule has 0 saturated heterocycles. The number of para-hydroxylation sites is 1. The van der Waals surface area contributed by atoms with Crippen LogP contribution in [0.1, 0.15) is 0 Å². The van der Waals surface area contributed by atoms with E-state index in [0.29, 0.717) is 23.6 Å². The first-order chi connectivity index (χ1) is 8.79. The van der Waals surface area contributed by atoms with Crippen LogP contribution in [0.25, 0.3) is 22.4 Å². The molecule has 2 aromatic heterocycles. The molecule has 0 bridgehead atoms. The zero-order valence-corrected chi connectivity index (χ0v) is 10.1. The topological polar surface area (TPSA) is 83.8 Å². The van der Waals surface area contributed by atoms with E-state index in [-0.39, 0.29) is 0 Å². The minimum absolute atomic E-state index is 0.641. The molecule has 90 valence electrons. The summed E-state index contributed by atoms with van der Waals surface area (Å²) < 4.78 is 0. The molecule has 2 heterocycles. The first-order valence-corrected chi connectivity index (χ1v) is 6.25. The summed E-state index contributed by atoms with van der Waals surface area (Å²) in [5, 5.41) is 6.44. The van der Waals surface area contributed by atoms with Gasteiger partial charge in [0.2, 0.25) is 6.41 Å². The number of thiophene rings is 1. The molecule has 3 rings (SSSR count). The largest absolute Gasteiger partial charge is 0.397 e. The van der Waals surface area contributed by atoms with E-state index in [1.165, 1.54) is 11.3 Å². The summed E-state index contributed by atoms with van der Waals surface area (Å²) in [5.41, 5.74) is 9.72. The van der Waals surface area contributed by atoms with Gasteiger partial charge < -0.3 is 16.0 Å². The number of anilines is 2. The summed E-state index contributed by atoms with van der Waals surface area (Å²) in [5.74, 6) is 0.712. The van der Waals surface area contributed by atoms with Crippen LogP contribution in [0.3, 0.4) is 0 Å². The normalized spacial score (nSPS) is 10.7. The van der Waals surface area contributed by atoms with E-state index < -0.39 is 0 Å². The maximum atomic E-state index is 10.5. The van der Waals surface area contributed by atoms with E-state index in [9.17, 15) is 4.79 Å². The van der Waals surface area contributed by atoms with E-state index in [1.807, 2.05) is 22.9 Å². The van der Waals surface area contributed by atoms with Crippen molar-refractivity contribution in [3.8, 4) is 11.4 Å². The van der Waals surface area contributed by atoms with Crippen LogP contribution in [-0.4, -0.2) is 16.4 Å². The zero-order chi connectivity index (χ0) is 12.5. The SMILES string of the molecule is Nc1cscc1-c1nc2c(NC=O)cccc2[nH]1. The van der Waals surface area contributed by atoms with Gasteiger partial charge in [-0.25, -0.2) is 4.98 Å². The molecule has 4 N–H and O–H groups in total. The van der Waals surface area contributed by atoms with E-state index in [1.54, 1.807) is 6.07 Å². The van der Waals surface area contributed by atoms with Crippen molar-refractivity contribution in [2.75, 3.05) is 11.1 Å². The first-order valence-electron chi connectivity index (χ1n) is 5.30. The fourth-order valence-electron chi connectivity index (χ4n) is 1.84. The molecule has 0 atom stereocenters. The standard InChI is InChI=1S/C12H10N4OS/c13-8-5-18-4-7(8)12-15-10-3-1-2-9(14-6-17)11(10)16-12/h1-6H,13H2,(H,14,17)(H,15,16). The second-order valence-electron chi connectivity index (χ2n) is 3.79. The number of amides is 1. The maximum absolute atomic E-state index is 10.5. The van der Waals surface area contributed by atoms with Gasteiger partial charge in [-0.3, -0.25) is 4.79 Å². The molecule has 6 heteroatoms. The Morgan fingerprint density at radius 3 is 3.00 bits per heavy atom. The van der Waals surface area contributed by atoms with Gasteiger partial charge in [0.15, 0.2) is 0 Å². The third-order valence-electron chi connectivity index (χ3n) is 2.67. The fraction of sp³-hybridized carbons (Fsp3) is 0. The molecule has 5 nitrogen and oxygen atoms in total. The number of rotatable bonds is 3. The Kier molecular flexibility index (Phi) is 2.49. The highest BCUT2D eigenvalue weighted by molar-refractivity contribution is 7.08. The van der Waals surface area contributed by atoms with Crippen LogP contribution in [-0.2, 0) is 4.79 Å². The lowest BCUT2D eigenvalue weighted by molar-refractivity contribution is -0.105. The Hall–Kier alpha value is -2.34. The Labute approximate surface area is 107 Å². The lowest BCUT2D eigenvalue weighted by Gasteiger charge is -1.97. The van der Waals surface area contributed by atoms with Crippen molar-refractivity contribution in [3.63, 3.8) is 0 Å². The second-order valence-corrected chi connectivity index (χ2v) is 4.53. The molecule has 0 unspecified atom stereocenters. The highest BCUT2D eigenvalue weighted by atomic mass is 32.1. The lowest BCUT2D eigenvalue weighted by atomic mass is 10.3. The van der Waals surface area contributed by atoms with Crippen molar-refractivity contribution in [3.05, 3.63) is 29.0 Å². The van der Waals surface area contributed by atoms with Crippen LogP contribution >= 0.6 is 11.3 Å². The number of H-pyrrole nitrogens is 1. The number of nitrogens with one attached hydrogen (secondary N) is 2. The fourth-order valence-corrected chi connectivity index (χ4v) is 2.56. The summed E-state index contributed by atoms with van der Waals surface area (Å²) in [7, 11) is 0. The molecule has 0 fully saturated rings. The minimum Gasteiger partial charge on any atom is -0.397 e. The molecule has 18 heavy (non-hydrogen) atoms. The molecule has 0 radical (unpaired) electrons. The number of aromatic nitrogens is 2. The van der Waals surface area contributed by atoms with Crippen LogP contribution < -0.4 is 11.1 Å². The Balaban J connectivity index is 2.19. The second kappa shape index (κ2) is 4.15. The molecule has 1 amide bonds.